The van der Waals surface area contributed by atoms with Crippen LogP contribution in [0.4, 0.5) is 0 Å². The van der Waals surface area contributed by atoms with Gasteiger partial charge in [0.15, 0.2) is 0 Å². The van der Waals surface area contributed by atoms with E-state index in [1.54, 1.807) is 0 Å². The van der Waals surface area contributed by atoms with Crippen LogP contribution in [0.25, 0.3) is 27.8 Å². The zero-order valence-corrected chi connectivity index (χ0v) is 25.1. The molecular formula is C40H30N6. The first-order valence-electron chi connectivity index (χ1n) is 15.7. The fourth-order valence-electron chi connectivity index (χ4n) is 7.16. The summed E-state index contributed by atoms with van der Waals surface area (Å²) in [5, 5.41) is 6.24. The molecule has 4 heterocycles. The zero-order chi connectivity index (χ0) is 30.6. The van der Waals surface area contributed by atoms with E-state index < -0.39 is 5.54 Å². The van der Waals surface area contributed by atoms with Gasteiger partial charge in [0.1, 0.15) is 5.54 Å². The normalized spacial score (nSPS) is 14.1. The predicted molar refractivity (Wildman–Crippen MR) is 181 cm³/mol. The van der Waals surface area contributed by atoms with Gasteiger partial charge in [-0.3, -0.25) is 14.1 Å². The average molecular weight is 595 g/mol. The molecule has 0 aliphatic heterocycles. The van der Waals surface area contributed by atoms with E-state index in [2.05, 4.69) is 142 Å². The minimum atomic E-state index is -0.678. The molecule has 220 valence electrons. The summed E-state index contributed by atoms with van der Waals surface area (Å²) in [5.74, 6) is 0.701. The second-order valence-electron chi connectivity index (χ2n) is 12.1. The molecule has 1 saturated carbocycles. The van der Waals surface area contributed by atoms with Crippen molar-refractivity contribution in [1.82, 2.24) is 29.1 Å². The molecule has 0 unspecified atom stereocenters. The maximum atomic E-state index is 5.08. The lowest BCUT2D eigenvalue weighted by Gasteiger charge is -2.36. The summed E-state index contributed by atoms with van der Waals surface area (Å²) >= 11 is 0. The van der Waals surface area contributed by atoms with Crippen LogP contribution in [0.1, 0.15) is 40.8 Å². The minimum Gasteiger partial charge on any atom is -0.287 e. The summed E-state index contributed by atoms with van der Waals surface area (Å²) in [4.78, 5) is 14.1. The third-order valence-corrected chi connectivity index (χ3v) is 9.59. The first kappa shape index (κ1) is 26.5. The Morgan fingerprint density at radius 2 is 1.22 bits per heavy atom. The van der Waals surface area contributed by atoms with Gasteiger partial charge in [0.05, 0.1) is 23.6 Å². The molecular weight excluding hydrogens is 564 g/mol. The molecule has 0 radical (unpaired) electrons. The number of hydrogen-bond acceptors (Lipinski definition) is 4. The van der Waals surface area contributed by atoms with E-state index in [1.165, 1.54) is 11.3 Å². The fourth-order valence-corrected chi connectivity index (χ4v) is 7.16. The maximum absolute atomic E-state index is 5.08. The molecule has 0 atom stereocenters. The standard InChI is InChI=1S/C40H30N6/c1-4-12-32(13-5-1)40(33-14-6-2-7-15-33,34-16-8-3-9-17-34)46-28-31(25-44-46)30-24-42-38-43-26-37(45(38)27-30)39(20-21-39)35-18-19-36-29(23-35)11-10-22-41-36/h1-19,22-28H,20-21H2. The van der Waals surface area contributed by atoms with Gasteiger partial charge < -0.3 is 0 Å². The SMILES string of the molecule is c1ccc(C(c2ccccc2)(c2ccccc2)n2cc(-c3cnc4ncc(C5(c6ccc7ncccc7c6)CC5)n4c3)cn2)cc1. The molecule has 1 aliphatic carbocycles. The lowest BCUT2D eigenvalue weighted by atomic mass is 9.77. The number of benzene rings is 4. The van der Waals surface area contributed by atoms with Crippen molar-refractivity contribution < 1.29 is 0 Å². The monoisotopic (exact) mass is 594 g/mol. The molecule has 1 fully saturated rings. The van der Waals surface area contributed by atoms with Crippen LogP contribution in [0, 0.1) is 0 Å². The highest BCUT2D eigenvalue weighted by Crippen LogP contribution is 2.54. The number of rotatable bonds is 7. The van der Waals surface area contributed by atoms with Gasteiger partial charge in [-0.1, -0.05) is 103 Å². The van der Waals surface area contributed by atoms with Crippen LogP contribution in [0.3, 0.4) is 0 Å². The number of hydrogen-bond donors (Lipinski definition) is 0. The Labute approximate surface area is 266 Å². The molecule has 0 bridgehead atoms. The van der Waals surface area contributed by atoms with Gasteiger partial charge >= 0.3 is 0 Å². The quantitative estimate of drug-likeness (QED) is 0.175. The predicted octanol–water partition coefficient (Wildman–Crippen LogP) is 8.06. The molecule has 46 heavy (non-hydrogen) atoms. The summed E-state index contributed by atoms with van der Waals surface area (Å²) in [7, 11) is 0. The van der Waals surface area contributed by atoms with Crippen molar-refractivity contribution in [1.29, 1.82) is 0 Å². The highest BCUT2D eigenvalue weighted by Gasteiger charge is 2.48. The van der Waals surface area contributed by atoms with Gasteiger partial charge in [-0.05, 0) is 53.3 Å². The summed E-state index contributed by atoms with van der Waals surface area (Å²) in [6, 6.07) is 42.6. The molecule has 6 heteroatoms. The van der Waals surface area contributed by atoms with Gasteiger partial charge in [0.2, 0.25) is 5.78 Å². The zero-order valence-electron chi connectivity index (χ0n) is 25.1. The molecule has 0 amide bonds. The van der Waals surface area contributed by atoms with E-state index in [0.717, 1.165) is 51.6 Å². The Morgan fingerprint density at radius 1 is 0.587 bits per heavy atom. The van der Waals surface area contributed by atoms with Crippen LogP contribution in [0.2, 0.25) is 0 Å². The van der Waals surface area contributed by atoms with E-state index in [0.29, 0.717) is 5.78 Å². The van der Waals surface area contributed by atoms with E-state index in [1.807, 2.05) is 30.9 Å². The van der Waals surface area contributed by atoms with Crippen molar-refractivity contribution in [3.63, 3.8) is 0 Å². The van der Waals surface area contributed by atoms with E-state index in [4.69, 9.17) is 15.1 Å². The largest absolute Gasteiger partial charge is 0.287 e. The van der Waals surface area contributed by atoms with Crippen LogP contribution in [-0.2, 0) is 11.0 Å². The van der Waals surface area contributed by atoms with Crippen LogP contribution >= 0.6 is 0 Å². The van der Waals surface area contributed by atoms with Crippen LogP contribution in [0.5, 0.6) is 0 Å². The minimum absolute atomic E-state index is 0.0863. The average Bonchev–Trinajstić information content (AvgIpc) is 3.57. The molecule has 4 aromatic carbocycles. The molecule has 8 aromatic rings. The Kier molecular flexibility index (Phi) is 5.96. The summed E-state index contributed by atoms with van der Waals surface area (Å²) in [6.07, 6.45) is 14.2. The molecule has 0 N–H and O–H groups in total. The van der Waals surface area contributed by atoms with E-state index in [9.17, 15) is 0 Å². The molecule has 1 aliphatic rings. The molecule has 6 nitrogen and oxygen atoms in total. The number of fused-ring (bicyclic) bond motifs is 2. The van der Waals surface area contributed by atoms with Crippen LogP contribution in [0.15, 0.2) is 159 Å². The van der Waals surface area contributed by atoms with Crippen molar-refractivity contribution in [3.8, 4) is 11.1 Å². The number of imidazole rings is 1. The second-order valence-corrected chi connectivity index (χ2v) is 12.1. The van der Waals surface area contributed by atoms with Crippen molar-refractivity contribution >= 4 is 16.7 Å². The first-order valence-corrected chi connectivity index (χ1v) is 15.7. The van der Waals surface area contributed by atoms with Crippen molar-refractivity contribution in [2.45, 2.75) is 23.8 Å². The van der Waals surface area contributed by atoms with Gasteiger partial charge in [-0.15, -0.1) is 0 Å². The Morgan fingerprint density at radius 3 is 1.87 bits per heavy atom. The highest BCUT2D eigenvalue weighted by molar-refractivity contribution is 5.79. The number of aromatic nitrogens is 6. The Bertz CT molecular complexity index is 2220. The molecule has 4 aromatic heterocycles. The lowest BCUT2D eigenvalue weighted by molar-refractivity contribution is 0.460. The van der Waals surface area contributed by atoms with Gasteiger partial charge in [0, 0.05) is 46.7 Å². The van der Waals surface area contributed by atoms with Gasteiger partial charge in [-0.2, -0.15) is 5.10 Å². The van der Waals surface area contributed by atoms with E-state index >= 15 is 0 Å². The van der Waals surface area contributed by atoms with Crippen molar-refractivity contribution in [2.75, 3.05) is 0 Å². The van der Waals surface area contributed by atoms with Gasteiger partial charge in [-0.25, -0.2) is 9.97 Å². The number of nitrogens with zero attached hydrogens (tertiary/aromatic N) is 6. The second kappa shape index (κ2) is 10.3. The highest BCUT2D eigenvalue weighted by atomic mass is 15.3. The topological polar surface area (TPSA) is 60.9 Å². The molecule has 9 rings (SSSR count). The first-order chi connectivity index (χ1) is 22.8. The number of pyridine rings is 1. The summed E-state index contributed by atoms with van der Waals surface area (Å²) in [5.41, 5.74) is 8.09. The summed E-state index contributed by atoms with van der Waals surface area (Å²) in [6.45, 7) is 0. The lowest BCUT2D eigenvalue weighted by Crippen LogP contribution is -2.38. The van der Waals surface area contributed by atoms with Crippen LogP contribution in [-0.4, -0.2) is 29.1 Å². The smallest absolute Gasteiger partial charge is 0.233 e. The Balaban J connectivity index is 1.18. The Hall–Kier alpha value is -5.88. The molecule has 0 spiro atoms. The fraction of sp³-hybridized carbons (Fsp3) is 0.100. The van der Waals surface area contributed by atoms with Crippen molar-refractivity contribution in [3.05, 3.63) is 186 Å². The van der Waals surface area contributed by atoms with Gasteiger partial charge in [0.25, 0.3) is 0 Å². The van der Waals surface area contributed by atoms with E-state index in [-0.39, 0.29) is 5.41 Å². The third kappa shape index (κ3) is 4.03. The maximum Gasteiger partial charge on any atom is 0.233 e. The van der Waals surface area contributed by atoms with Crippen molar-refractivity contribution in [2.24, 2.45) is 0 Å². The van der Waals surface area contributed by atoms with Crippen LogP contribution < -0.4 is 0 Å². The third-order valence-electron chi connectivity index (χ3n) is 9.59. The summed E-state index contributed by atoms with van der Waals surface area (Å²) < 4.78 is 4.28. The molecule has 0 saturated heterocycles.